The lowest BCUT2D eigenvalue weighted by molar-refractivity contribution is 1.35. The predicted octanol–water partition coefficient (Wildman–Crippen LogP) is 3.93. The molecule has 4 aromatic carbocycles. The molecule has 0 unspecified atom stereocenters. The van der Waals surface area contributed by atoms with Crippen molar-refractivity contribution in [2.24, 2.45) is 0 Å². The Morgan fingerprint density at radius 2 is 1.60 bits per heavy atom. The van der Waals surface area contributed by atoms with E-state index < -0.39 is 0 Å². The van der Waals surface area contributed by atoms with Crippen LogP contribution in [0.25, 0.3) is 43.1 Å². The molecular formula is C18H9NO. The summed E-state index contributed by atoms with van der Waals surface area (Å²) in [7, 11) is 0. The second-order valence-corrected chi connectivity index (χ2v) is 5.24. The molecule has 92 valence electrons. The molecule has 0 bridgehead atoms. The van der Waals surface area contributed by atoms with E-state index in [0.29, 0.717) is 0 Å². The number of hydrogen-bond donors (Lipinski definition) is 0. The van der Waals surface area contributed by atoms with E-state index in [0.717, 1.165) is 21.5 Å². The van der Waals surface area contributed by atoms with Gasteiger partial charge < -0.3 is 0 Å². The number of aromatic nitrogens is 1. The Morgan fingerprint density at radius 3 is 2.55 bits per heavy atom. The van der Waals surface area contributed by atoms with Gasteiger partial charge in [-0.3, -0.25) is 9.78 Å². The molecule has 0 aliphatic heterocycles. The topological polar surface area (TPSA) is 30.0 Å². The van der Waals surface area contributed by atoms with Gasteiger partial charge in [-0.2, -0.15) is 0 Å². The summed E-state index contributed by atoms with van der Waals surface area (Å²) in [5.74, 6) is 0. The van der Waals surface area contributed by atoms with Crippen molar-refractivity contribution < 1.29 is 0 Å². The molecule has 0 amide bonds. The monoisotopic (exact) mass is 255 g/mol. The van der Waals surface area contributed by atoms with Gasteiger partial charge in [-0.15, -0.1) is 0 Å². The van der Waals surface area contributed by atoms with Crippen molar-refractivity contribution in [2.45, 2.75) is 0 Å². The van der Waals surface area contributed by atoms with E-state index in [1.165, 1.54) is 27.7 Å². The number of benzene rings is 2. The van der Waals surface area contributed by atoms with Gasteiger partial charge in [0.25, 0.3) is 0 Å². The summed E-state index contributed by atoms with van der Waals surface area (Å²) in [6, 6.07) is 14.6. The van der Waals surface area contributed by atoms with Gasteiger partial charge in [0.2, 0.25) is 5.43 Å². The van der Waals surface area contributed by atoms with Gasteiger partial charge in [-0.1, -0.05) is 30.3 Å². The van der Waals surface area contributed by atoms with Gasteiger partial charge in [0.15, 0.2) is 0 Å². The highest BCUT2D eigenvalue weighted by Gasteiger charge is 2.17. The molecular weight excluding hydrogens is 246 g/mol. The van der Waals surface area contributed by atoms with Gasteiger partial charge in [0, 0.05) is 11.6 Å². The van der Waals surface area contributed by atoms with E-state index in [-0.39, 0.29) is 5.43 Å². The van der Waals surface area contributed by atoms with E-state index in [9.17, 15) is 4.79 Å². The van der Waals surface area contributed by atoms with Crippen LogP contribution in [0.3, 0.4) is 0 Å². The van der Waals surface area contributed by atoms with Crippen molar-refractivity contribution in [1.29, 1.82) is 0 Å². The summed E-state index contributed by atoms with van der Waals surface area (Å²) in [6.07, 6.45) is 3.11. The van der Waals surface area contributed by atoms with Crippen LogP contribution in [0.1, 0.15) is 0 Å². The van der Waals surface area contributed by atoms with Crippen molar-refractivity contribution >= 4 is 43.1 Å². The number of rotatable bonds is 0. The third-order valence-corrected chi connectivity index (χ3v) is 4.18. The molecule has 0 aliphatic carbocycles. The van der Waals surface area contributed by atoms with E-state index >= 15 is 0 Å². The van der Waals surface area contributed by atoms with Gasteiger partial charge in [0.05, 0.1) is 6.20 Å². The first-order valence-corrected chi connectivity index (χ1v) is 6.61. The molecule has 1 aromatic heterocycles. The van der Waals surface area contributed by atoms with Crippen LogP contribution in [-0.4, -0.2) is 4.98 Å². The Bertz CT molecular complexity index is 1160. The third kappa shape index (κ3) is 1.09. The predicted molar refractivity (Wildman–Crippen MR) is 82.9 cm³/mol. The minimum atomic E-state index is -0.000460. The van der Waals surface area contributed by atoms with Gasteiger partial charge in [-0.05, 0) is 49.8 Å². The Morgan fingerprint density at radius 1 is 0.750 bits per heavy atom. The summed E-state index contributed by atoms with van der Waals surface area (Å²) in [5, 5.41) is 9.02. The van der Waals surface area contributed by atoms with Crippen LogP contribution in [0, 0.1) is 0 Å². The van der Waals surface area contributed by atoms with Crippen LogP contribution in [-0.2, 0) is 0 Å². The first-order chi connectivity index (χ1) is 9.84. The molecule has 2 heteroatoms. The van der Waals surface area contributed by atoms with Gasteiger partial charge in [-0.25, -0.2) is 0 Å². The van der Waals surface area contributed by atoms with E-state index in [4.69, 9.17) is 0 Å². The summed E-state index contributed by atoms with van der Waals surface area (Å²) >= 11 is 0. The lowest BCUT2D eigenvalue weighted by Crippen LogP contribution is -1.95. The molecule has 0 atom stereocenters. The Labute approximate surface area is 114 Å². The summed E-state index contributed by atoms with van der Waals surface area (Å²) in [6.45, 7) is 0. The average molecular weight is 255 g/mol. The maximum absolute atomic E-state index is 12.2. The highest BCUT2D eigenvalue weighted by atomic mass is 16.1. The van der Waals surface area contributed by atoms with Gasteiger partial charge >= 0.3 is 0 Å². The molecule has 0 radical (unpaired) electrons. The SMILES string of the molecule is O=c1cnccc2c3ccc4cccc4c3c3cc3c12. The zero-order valence-corrected chi connectivity index (χ0v) is 10.6. The quantitative estimate of drug-likeness (QED) is 0.419. The zero-order chi connectivity index (χ0) is 13.3. The molecule has 2 nitrogen and oxygen atoms in total. The fourth-order valence-corrected chi connectivity index (χ4v) is 3.26. The van der Waals surface area contributed by atoms with Crippen LogP contribution in [0.15, 0.2) is 59.7 Å². The minimum Gasteiger partial charge on any atom is -0.288 e. The standard InChI is InChI=1S/C18H9NO/c20-16-9-19-7-6-13-12-5-4-10-2-1-3-11(10)17(12)14-8-15(14)18(13)16/h1-9H. The molecule has 20 heavy (non-hydrogen) atoms. The van der Waals surface area contributed by atoms with Crippen LogP contribution in [0.4, 0.5) is 0 Å². The first kappa shape index (κ1) is 10.1. The van der Waals surface area contributed by atoms with Crippen LogP contribution >= 0.6 is 0 Å². The van der Waals surface area contributed by atoms with Crippen molar-refractivity contribution in [1.82, 2.24) is 4.98 Å². The zero-order valence-electron chi connectivity index (χ0n) is 10.6. The molecule has 5 rings (SSSR count). The lowest BCUT2D eigenvalue weighted by atomic mass is 10.0. The lowest BCUT2D eigenvalue weighted by Gasteiger charge is -2.02. The van der Waals surface area contributed by atoms with Crippen LogP contribution in [0.2, 0.25) is 0 Å². The minimum absolute atomic E-state index is 0.000460. The molecule has 0 saturated carbocycles. The van der Waals surface area contributed by atoms with E-state index in [1.807, 2.05) is 6.07 Å². The highest BCUT2D eigenvalue weighted by Crippen LogP contribution is 2.42. The molecule has 0 spiro atoms. The largest absolute Gasteiger partial charge is 0.288 e. The normalized spacial score (nSPS) is 12.2. The molecule has 5 aromatic rings. The fourth-order valence-electron chi connectivity index (χ4n) is 3.26. The van der Waals surface area contributed by atoms with Crippen molar-refractivity contribution in [3.63, 3.8) is 0 Å². The Kier molecular flexibility index (Phi) is 1.63. The number of fused-ring (bicyclic) bond motifs is 8. The number of nitrogens with zero attached hydrogens (tertiary/aromatic N) is 1. The van der Waals surface area contributed by atoms with Crippen molar-refractivity contribution in [3.05, 3.63) is 65.1 Å². The smallest absolute Gasteiger partial charge is 0.205 e. The summed E-state index contributed by atoms with van der Waals surface area (Å²) in [4.78, 5) is 16.2. The van der Waals surface area contributed by atoms with Crippen molar-refractivity contribution in [2.75, 3.05) is 0 Å². The second-order valence-electron chi connectivity index (χ2n) is 5.24. The van der Waals surface area contributed by atoms with Gasteiger partial charge in [0.1, 0.15) is 0 Å². The Hall–Kier alpha value is -2.74. The highest BCUT2D eigenvalue weighted by molar-refractivity contribution is 6.36. The Balaban J connectivity index is 2.23. The molecule has 0 saturated heterocycles. The molecule has 0 fully saturated rings. The van der Waals surface area contributed by atoms with Crippen LogP contribution < -0.4 is 5.43 Å². The summed E-state index contributed by atoms with van der Waals surface area (Å²) < 4.78 is 0. The van der Waals surface area contributed by atoms with E-state index in [2.05, 4.69) is 41.4 Å². The van der Waals surface area contributed by atoms with E-state index in [1.54, 1.807) is 6.20 Å². The maximum Gasteiger partial charge on any atom is 0.205 e. The number of hydrogen-bond acceptors (Lipinski definition) is 2. The first-order valence-electron chi connectivity index (χ1n) is 6.61. The van der Waals surface area contributed by atoms with Crippen molar-refractivity contribution in [3.8, 4) is 0 Å². The summed E-state index contributed by atoms with van der Waals surface area (Å²) in [5.41, 5.74) is -0.000460. The average Bonchev–Trinajstić information content (AvgIpc) is 3.13. The maximum atomic E-state index is 12.2. The molecule has 0 N–H and O–H groups in total. The third-order valence-electron chi connectivity index (χ3n) is 4.18. The molecule has 1 heterocycles. The fraction of sp³-hybridized carbons (Fsp3) is 0. The molecule has 0 aliphatic rings. The second kappa shape index (κ2) is 3.23. The van der Waals surface area contributed by atoms with Crippen LogP contribution in [0.5, 0.6) is 0 Å².